The normalized spacial score (nSPS) is 25.5. The largest absolute Gasteiger partial charge is 0.204 e. The number of hydrogen-bond donors (Lipinski definition) is 0. The van der Waals surface area contributed by atoms with Crippen LogP contribution < -0.4 is 0 Å². The third-order valence-corrected chi connectivity index (χ3v) is 7.29. The SMILES string of the molecule is CCCCCC[C@H]1CC[C@H](C2CC=C(CCc3ccc(F)c(F)c3)CC2)CC1. The molecule has 0 bridgehead atoms. The minimum atomic E-state index is -0.751. The minimum Gasteiger partial charge on any atom is -0.204 e. The van der Waals surface area contributed by atoms with Crippen LogP contribution in [0.25, 0.3) is 0 Å². The smallest absolute Gasteiger partial charge is 0.159 e. The van der Waals surface area contributed by atoms with Gasteiger partial charge in [0.25, 0.3) is 0 Å². The van der Waals surface area contributed by atoms with Gasteiger partial charge in [-0.2, -0.15) is 0 Å². The zero-order valence-corrected chi connectivity index (χ0v) is 17.7. The van der Waals surface area contributed by atoms with Gasteiger partial charge in [0.15, 0.2) is 11.6 Å². The summed E-state index contributed by atoms with van der Waals surface area (Å²) in [5.74, 6) is 1.35. The van der Waals surface area contributed by atoms with Crippen LogP contribution >= 0.6 is 0 Å². The van der Waals surface area contributed by atoms with Crippen molar-refractivity contribution in [1.82, 2.24) is 0 Å². The molecule has 1 fully saturated rings. The second-order valence-corrected chi connectivity index (χ2v) is 9.28. The van der Waals surface area contributed by atoms with Crippen LogP contribution in [-0.2, 0) is 6.42 Å². The highest BCUT2D eigenvalue weighted by Crippen LogP contribution is 2.41. The van der Waals surface area contributed by atoms with Crippen molar-refractivity contribution in [3.05, 3.63) is 47.0 Å². The molecule has 0 nitrogen and oxygen atoms in total. The summed E-state index contributed by atoms with van der Waals surface area (Å²) in [5.41, 5.74) is 2.42. The monoisotopic (exact) mass is 388 g/mol. The van der Waals surface area contributed by atoms with Crippen LogP contribution in [0.1, 0.15) is 96.0 Å². The molecule has 156 valence electrons. The summed E-state index contributed by atoms with van der Waals surface area (Å²) in [6, 6.07) is 4.31. The van der Waals surface area contributed by atoms with Gasteiger partial charge < -0.3 is 0 Å². The lowest BCUT2D eigenvalue weighted by Gasteiger charge is -2.35. The molecule has 0 spiro atoms. The fourth-order valence-electron chi connectivity index (χ4n) is 5.37. The summed E-state index contributed by atoms with van der Waals surface area (Å²) in [7, 11) is 0. The Morgan fingerprint density at radius 3 is 2.36 bits per heavy atom. The van der Waals surface area contributed by atoms with E-state index in [0.717, 1.165) is 36.2 Å². The Hall–Kier alpha value is -1.18. The number of allylic oxidation sites excluding steroid dienone is 2. The van der Waals surface area contributed by atoms with Crippen molar-refractivity contribution in [2.75, 3.05) is 0 Å². The van der Waals surface area contributed by atoms with Crippen LogP contribution in [0.2, 0.25) is 0 Å². The number of unbranched alkanes of at least 4 members (excludes halogenated alkanes) is 3. The summed E-state index contributed by atoms with van der Waals surface area (Å²) in [5, 5.41) is 0. The molecule has 0 aromatic heterocycles. The Morgan fingerprint density at radius 1 is 0.857 bits per heavy atom. The van der Waals surface area contributed by atoms with E-state index in [9.17, 15) is 8.78 Å². The fourth-order valence-corrected chi connectivity index (χ4v) is 5.37. The number of aryl methyl sites for hydroxylation is 1. The third-order valence-electron chi connectivity index (χ3n) is 7.29. The first kappa shape index (κ1) is 21.5. The summed E-state index contributed by atoms with van der Waals surface area (Å²) in [4.78, 5) is 0. The average Bonchev–Trinajstić information content (AvgIpc) is 2.73. The molecule has 1 saturated carbocycles. The van der Waals surface area contributed by atoms with Crippen LogP contribution in [0.5, 0.6) is 0 Å². The molecule has 0 saturated heterocycles. The second-order valence-electron chi connectivity index (χ2n) is 9.28. The molecule has 0 amide bonds. The quantitative estimate of drug-likeness (QED) is 0.294. The van der Waals surface area contributed by atoms with Crippen LogP contribution in [0.4, 0.5) is 8.78 Å². The molecule has 2 heteroatoms. The van der Waals surface area contributed by atoms with Crippen molar-refractivity contribution in [3.63, 3.8) is 0 Å². The summed E-state index contributed by atoms with van der Waals surface area (Å²) in [6.07, 6.45) is 20.9. The van der Waals surface area contributed by atoms with Gasteiger partial charge in [0.05, 0.1) is 0 Å². The molecular formula is C26H38F2. The average molecular weight is 389 g/mol. The minimum absolute atomic E-state index is 0.726. The van der Waals surface area contributed by atoms with Gasteiger partial charge >= 0.3 is 0 Å². The first-order valence-corrected chi connectivity index (χ1v) is 11.8. The standard InChI is InChI=1S/C26H38F2/c1-2-3-4-5-6-20-9-14-23(15-10-20)24-16-11-21(12-17-24)7-8-22-13-18-25(27)26(28)19-22/h11,13,18-20,23-24H,2-10,12,14-17H2,1H3/t20-,23-,24?. The third kappa shape index (κ3) is 6.42. The fraction of sp³-hybridized carbons (Fsp3) is 0.692. The van der Waals surface area contributed by atoms with Gasteiger partial charge in [-0.25, -0.2) is 8.78 Å². The predicted octanol–water partition coefficient (Wildman–Crippen LogP) is 8.40. The van der Waals surface area contributed by atoms with Crippen molar-refractivity contribution in [2.45, 2.75) is 96.8 Å². The van der Waals surface area contributed by atoms with E-state index in [2.05, 4.69) is 13.0 Å². The van der Waals surface area contributed by atoms with Crippen LogP contribution in [-0.4, -0.2) is 0 Å². The lowest BCUT2D eigenvalue weighted by atomic mass is 9.70. The van der Waals surface area contributed by atoms with Crippen LogP contribution in [0, 0.1) is 29.4 Å². The maximum absolute atomic E-state index is 13.3. The van der Waals surface area contributed by atoms with Crippen molar-refractivity contribution < 1.29 is 8.78 Å². The molecule has 1 aromatic carbocycles. The Balaban J connectivity index is 1.36. The topological polar surface area (TPSA) is 0 Å². The van der Waals surface area contributed by atoms with Gasteiger partial charge in [0, 0.05) is 0 Å². The molecule has 3 rings (SSSR count). The molecule has 1 aromatic rings. The van der Waals surface area contributed by atoms with Crippen molar-refractivity contribution >= 4 is 0 Å². The predicted molar refractivity (Wildman–Crippen MR) is 114 cm³/mol. The van der Waals surface area contributed by atoms with Gasteiger partial charge in [0.2, 0.25) is 0 Å². The summed E-state index contributed by atoms with van der Waals surface area (Å²) < 4.78 is 26.4. The maximum Gasteiger partial charge on any atom is 0.159 e. The summed E-state index contributed by atoms with van der Waals surface area (Å²) >= 11 is 0. The van der Waals surface area contributed by atoms with Crippen molar-refractivity contribution in [3.8, 4) is 0 Å². The van der Waals surface area contributed by atoms with Crippen molar-refractivity contribution in [1.29, 1.82) is 0 Å². The molecule has 0 radical (unpaired) electrons. The Labute approximate surface area is 170 Å². The molecule has 0 heterocycles. The molecule has 1 unspecified atom stereocenters. The molecule has 0 aliphatic heterocycles. The van der Waals surface area contributed by atoms with E-state index in [1.165, 1.54) is 94.8 Å². The number of benzene rings is 1. The number of rotatable bonds is 9. The Bertz CT molecular complexity index is 625. The highest BCUT2D eigenvalue weighted by Gasteiger charge is 2.28. The Morgan fingerprint density at radius 2 is 1.68 bits per heavy atom. The number of halogens is 2. The zero-order valence-electron chi connectivity index (χ0n) is 17.7. The van der Waals surface area contributed by atoms with E-state index in [4.69, 9.17) is 0 Å². The first-order chi connectivity index (χ1) is 13.7. The lowest BCUT2D eigenvalue weighted by Crippen LogP contribution is -2.23. The first-order valence-electron chi connectivity index (χ1n) is 11.8. The Kier molecular flexibility index (Phi) is 8.55. The van der Waals surface area contributed by atoms with Gasteiger partial charge in [0.1, 0.15) is 0 Å². The zero-order chi connectivity index (χ0) is 19.8. The van der Waals surface area contributed by atoms with Gasteiger partial charge in [-0.3, -0.25) is 0 Å². The van der Waals surface area contributed by atoms with E-state index in [0.29, 0.717) is 0 Å². The molecule has 2 aliphatic carbocycles. The molecule has 28 heavy (non-hydrogen) atoms. The van der Waals surface area contributed by atoms with E-state index in [-0.39, 0.29) is 0 Å². The highest BCUT2D eigenvalue weighted by molar-refractivity contribution is 5.20. The van der Waals surface area contributed by atoms with Gasteiger partial charge in [-0.15, -0.1) is 0 Å². The van der Waals surface area contributed by atoms with E-state index >= 15 is 0 Å². The number of hydrogen-bond acceptors (Lipinski definition) is 0. The molecule has 1 atom stereocenters. The molecular weight excluding hydrogens is 350 g/mol. The van der Waals surface area contributed by atoms with E-state index < -0.39 is 11.6 Å². The van der Waals surface area contributed by atoms with E-state index in [1.54, 1.807) is 6.07 Å². The van der Waals surface area contributed by atoms with Crippen LogP contribution in [0.15, 0.2) is 29.8 Å². The van der Waals surface area contributed by atoms with Crippen molar-refractivity contribution in [2.24, 2.45) is 17.8 Å². The molecule has 2 aliphatic rings. The maximum atomic E-state index is 13.3. The van der Waals surface area contributed by atoms with Crippen LogP contribution in [0.3, 0.4) is 0 Å². The molecule has 0 N–H and O–H groups in total. The van der Waals surface area contributed by atoms with Gasteiger partial charge in [-0.1, -0.05) is 69.6 Å². The summed E-state index contributed by atoms with van der Waals surface area (Å²) in [6.45, 7) is 2.29. The lowest BCUT2D eigenvalue weighted by molar-refractivity contribution is 0.185. The highest BCUT2D eigenvalue weighted by atomic mass is 19.2. The van der Waals surface area contributed by atoms with E-state index in [1.807, 2.05) is 0 Å². The second kappa shape index (κ2) is 11.1. The van der Waals surface area contributed by atoms with Gasteiger partial charge in [-0.05, 0) is 80.4 Å².